The summed E-state index contributed by atoms with van der Waals surface area (Å²) in [4.78, 5) is 32.3. The first-order chi connectivity index (χ1) is 13.8. The molecule has 0 N–H and O–H groups in total. The number of rotatable bonds is 6. The average Bonchev–Trinajstić information content (AvgIpc) is 2.69. The molecule has 1 aromatic heterocycles. The lowest BCUT2D eigenvalue weighted by Gasteiger charge is -2.09. The molecule has 8 heteroatoms. The minimum atomic E-state index is -0.722. The van der Waals surface area contributed by atoms with E-state index in [2.05, 4.69) is 9.97 Å². The van der Waals surface area contributed by atoms with Gasteiger partial charge in [-0.05, 0) is 55.3 Å². The third-order valence-electron chi connectivity index (χ3n) is 3.98. The van der Waals surface area contributed by atoms with Crippen molar-refractivity contribution in [3.05, 3.63) is 81.9 Å². The Morgan fingerprint density at radius 3 is 2.55 bits per heavy atom. The van der Waals surface area contributed by atoms with Crippen LogP contribution in [0.2, 0.25) is 5.02 Å². The smallest absolute Gasteiger partial charge is 0.364 e. The first-order valence-electron chi connectivity index (χ1n) is 8.57. The molecule has 0 aliphatic carbocycles. The molecule has 0 unspecified atom stereocenters. The highest BCUT2D eigenvalue weighted by atomic mass is 35.5. The van der Waals surface area contributed by atoms with Crippen LogP contribution in [0.5, 0.6) is 5.75 Å². The van der Waals surface area contributed by atoms with Gasteiger partial charge in [-0.15, -0.1) is 0 Å². The van der Waals surface area contributed by atoms with Crippen molar-refractivity contribution in [3.63, 3.8) is 0 Å². The maximum absolute atomic E-state index is 13.0. The van der Waals surface area contributed by atoms with Gasteiger partial charge in [0.15, 0.2) is 16.6 Å². The van der Waals surface area contributed by atoms with Crippen LogP contribution in [-0.2, 0) is 5.75 Å². The van der Waals surface area contributed by atoms with Gasteiger partial charge in [-0.3, -0.25) is 4.79 Å². The van der Waals surface area contributed by atoms with Gasteiger partial charge in [-0.2, -0.15) is 0 Å². The summed E-state index contributed by atoms with van der Waals surface area (Å²) >= 11 is 7.36. The number of hydrogen-bond donors (Lipinski definition) is 0. The summed E-state index contributed by atoms with van der Waals surface area (Å²) in [5.41, 5.74) is 2.00. The van der Waals surface area contributed by atoms with E-state index in [1.54, 1.807) is 37.3 Å². The number of Topliss-reactive ketones (excluding diaryl/α,β-unsaturated/α-hetero) is 1. The van der Waals surface area contributed by atoms with Crippen molar-refractivity contribution in [1.29, 1.82) is 0 Å². The number of carbonyl (C=O) groups is 2. The van der Waals surface area contributed by atoms with E-state index in [1.807, 2.05) is 0 Å². The fourth-order valence-corrected chi connectivity index (χ4v) is 3.36. The van der Waals surface area contributed by atoms with Gasteiger partial charge < -0.3 is 4.74 Å². The van der Waals surface area contributed by atoms with Crippen molar-refractivity contribution in [2.24, 2.45) is 0 Å². The van der Waals surface area contributed by atoms with E-state index in [1.165, 1.54) is 37.0 Å². The number of hydrogen-bond acceptors (Lipinski definition) is 6. The zero-order chi connectivity index (χ0) is 21.0. The van der Waals surface area contributed by atoms with Crippen LogP contribution in [-0.4, -0.2) is 21.7 Å². The molecule has 0 aliphatic heterocycles. The molecule has 148 valence electrons. The summed E-state index contributed by atoms with van der Waals surface area (Å²) in [6.45, 7) is 3.20. The van der Waals surface area contributed by atoms with Crippen LogP contribution in [0, 0.1) is 12.7 Å². The lowest BCUT2D eigenvalue weighted by atomic mass is 10.1. The fourth-order valence-electron chi connectivity index (χ4n) is 2.42. The number of halogens is 2. The summed E-state index contributed by atoms with van der Waals surface area (Å²) in [7, 11) is 0. The number of ketones is 1. The molecule has 3 rings (SSSR count). The number of benzene rings is 2. The number of thioether (sulfide) groups is 1. The van der Waals surface area contributed by atoms with Crippen LogP contribution in [0.3, 0.4) is 0 Å². The molecule has 5 nitrogen and oxygen atoms in total. The first kappa shape index (κ1) is 21.0. The number of aryl methyl sites for hydroxylation is 1. The summed E-state index contributed by atoms with van der Waals surface area (Å²) in [6.07, 6.45) is 1.34. The van der Waals surface area contributed by atoms with Crippen molar-refractivity contribution in [1.82, 2.24) is 9.97 Å². The monoisotopic (exact) mass is 430 g/mol. The fraction of sp³-hybridized carbons (Fsp3) is 0.143. The maximum Gasteiger partial charge on any atom is 0.364 e. The van der Waals surface area contributed by atoms with Gasteiger partial charge >= 0.3 is 5.97 Å². The standard InChI is InChI=1S/C21H16ClFN2O3S/c1-12-9-15(13(2)26)5-8-18(12)28-20(27)19-17(22)10-24-21(25-19)29-11-14-3-6-16(23)7-4-14/h3-10H,11H2,1-2H3. The summed E-state index contributed by atoms with van der Waals surface area (Å²) in [6, 6.07) is 10.9. The predicted octanol–water partition coefficient (Wildman–Crippen LogP) is 5.29. The first-order valence-corrected chi connectivity index (χ1v) is 9.93. The highest BCUT2D eigenvalue weighted by Gasteiger charge is 2.18. The van der Waals surface area contributed by atoms with E-state index < -0.39 is 5.97 Å². The normalized spacial score (nSPS) is 10.6. The van der Waals surface area contributed by atoms with Crippen LogP contribution in [0.1, 0.15) is 38.9 Å². The van der Waals surface area contributed by atoms with E-state index in [0.29, 0.717) is 27.8 Å². The number of aromatic nitrogens is 2. The summed E-state index contributed by atoms with van der Waals surface area (Å²) in [5, 5.41) is 0.411. The molecule has 2 aromatic carbocycles. The number of ether oxygens (including phenoxy) is 1. The van der Waals surface area contributed by atoms with Crippen LogP contribution in [0.4, 0.5) is 4.39 Å². The summed E-state index contributed by atoms with van der Waals surface area (Å²) < 4.78 is 18.4. The van der Waals surface area contributed by atoms with Crippen LogP contribution in [0.25, 0.3) is 0 Å². The van der Waals surface area contributed by atoms with Crippen molar-refractivity contribution in [2.45, 2.75) is 24.8 Å². The Morgan fingerprint density at radius 2 is 1.90 bits per heavy atom. The lowest BCUT2D eigenvalue weighted by molar-refractivity contribution is 0.0726. The predicted molar refractivity (Wildman–Crippen MR) is 109 cm³/mol. The summed E-state index contributed by atoms with van der Waals surface area (Å²) in [5.74, 6) is -0.289. The minimum absolute atomic E-state index is 0.0571. The molecule has 1 heterocycles. The van der Waals surface area contributed by atoms with Crippen LogP contribution >= 0.6 is 23.4 Å². The largest absolute Gasteiger partial charge is 0.421 e. The Balaban J connectivity index is 1.74. The van der Waals surface area contributed by atoms with Gasteiger partial charge in [-0.1, -0.05) is 35.5 Å². The molecular formula is C21H16ClFN2O3S. The highest BCUT2D eigenvalue weighted by Crippen LogP contribution is 2.25. The third-order valence-corrected chi connectivity index (χ3v) is 5.19. The SMILES string of the molecule is CC(=O)c1ccc(OC(=O)c2nc(SCc3ccc(F)cc3)ncc2Cl)c(C)c1. The van der Waals surface area contributed by atoms with Gasteiger partial charge in [0.05, 0.1) is 11.2 Å². The zero-order valence-electron chi connectivity index (χ0n) is 15.6. The Bertz CT molecular complexity index is 1070. The van der Waals surface area contributed by atoms with Crippen LogP contribution in [0.15, 0.2) is 53.8 Å². The van der Waals surface area contributed by atoms with Crippen molar-refractivity contribution >= 4 is 35.1 Å². The highest BCUT2D eigenvalue weighted by molar-refractivity contribution is 7.98. The van der Waals surface area contributed by atoms with E-state index in [-0.39, 0.29) is 22.3 Å². The van der Waals surface area contributed by atoms with Crippen molar-refractivity contribution < 1.29 is 18.7 Å². The molecule has 0 spiro atoms. The van der Waals surface area contributed by atoms with E-state index in [4.69, 9.17) is 16.3 Å². The zero-order valence-corrected chi connectivity index (χ0v) is 17.2. The molecule has 0 amide bonds. The Hall–Kier alpha value is -2.77. The number of esters is 1. The molecule has 0 radical (unpaired) electrons. The van der Waals surface area contributed by atoms with Gasteiger partial charge in [0.2, 0.25) is 0 Å². The second kappa shape index (κ2) is 9.15. The molecule has 29 heavy (non-hydrogen) atoms. The van der Waals surface area contributed by atoms with E-state index in [9.17, 15) is 14.0 Å². The molecule has 0 saturated carbocycles. The van der Waals surface area contributed by atoms with Gasteiger partial charge in [-0.25, -0.2) is 19.2 Å². The maximum atomic E-state index is 13.0. The Labute approximate surface area is 176 Å². The molecule has 3 aromatic rings. The average molecular weight is 431 g/mol. The van der Waals surface area contributed by atoms with Crippen LogP contribution < -0.4 is 4.74 Å². The molecule has 0 saturated heterocycles. The number of nitrogens with zero attached hydrogens (tertiary/aromatic N) is 2. The topological polar surface area (TPSA) is 69.2 Å². The second-order valence-corrected chi connectivity index (χ2v) is 7.54. The molecular weight excluding hydrogens is 415 g/mol. The second-order valence-electron chi connectivity index (χ2n) is 6.19. The van der Waals surface area contributed by atoms with Crippen molar-refractivity contribution in [2.75, 3.05) is 0 Å². The Morgan fingerprint density at radius 1 is 1.17 bits per heavy atom. The van der Waals surface area contributed by atoms with Crippen molar-refractivity contribution in [3.8, 4) is 5.75 Å². The van der Waals surface area contributed by atoms with Gasteiger partial charge in [0.25, 0.3) is 0 Å². The molecule has 0 fully saturated rings. The minimum Gasteiger partial charge on any atom is -0.421 e. The molecule has 0 atom stereocenters. The van der Waals surface area contributed by atoms with E-state index >= 15 is 0 Å². The molecule has 0 bridgehead atoms. The number of carbonyl (C=O) groups excluding carboxylic acids is 2. The Kier molecular flexibility index (Phi) is 6.61. The third kappa shape index (κ3) is 5.40. The van der Waals surface area contributed by atoms with Gasteiger partial charge in [0.1, 0.15) is 11.6 Å². The van der Waals surface area contributed by atoms with Gasteiger partial charge in [0, 0.05) is 11.3 Å². The lowest BCUT2D eigenvalue weighted by Crippen LogP contribution is -2.13. The molecule has 0 aliphatic rings. The quantitative estimate of drug-likeness (QED) is 0.174. The van der Waals surface area contributed by atoms with E-state index in [0.717, 1.165) is 5.56 Å².